The summed E-state index contributed by atoms with van der Waals surface area (Å²) in [6.45, 7) is 7.47. The van der Waals surface area contributed by atoms with Gasteiger partial charge in [0.25, 0.3) is 11.5 Å². The van der Waals surface area contributed by atoms with E-state index in [0.717, 1.165) is 0 Å². The zero-order valence-corrected chi connectivity index (χ0v) is 20.7. The number of aromatic nitrogens is 2. The summed E-state index contributed by atoms with van der Waals surface area (Å²) in [4.78, 5) is 41.9. The van der Waals surface area contributed by atoms with Gasteiger partial charge < -0.3 is 15.1 Å². The van der Waals surface area contributed by atoms with Gasteiger partial charge in [-0.2, -0.15) is 9.78 Å². The molecule has 9 heteroatoms. The number of piperazine rings is 1. The van der Waals surface area contributed by atoms with Crippen molar-refractivity contribution in [3.05, 3.63) is 81.7 Å². The van der Waals surface area contributed by atoms with Gasteiger partial charge in [-0.25, -0.2) is 0 Å². The van der Waals surface area contributed by atoms with Gasteiger partial charge in [0.05, 0.1) is 17.6 Å². The van der Waals surface area contributed by atoms with Crippen molar-refractivity contribution in [2.75, 3.05) is 36.4 Å². The fraction of sp³-hybridized carbons (Fsp3) is 0.308. The van der Waals surface area contributed by atoms with Crippen molar-refractivity contribution < 1.29 is 9.59 Å². The van der Waals surface area contributed by atoms with Crippen LogP contribution >= 0.6 is 11.6 Å². The Balaban J connectivity index is 1.43. The maximum Gasteiger partial charge on any atom is 0.292 e. The van der Waals surface area contributed by atoms with Gasteiger partial charge >= 0.3 is 0 Å². The summed E-state index contributed by atoms with van der Waals surface area (Å²) >= 11 is 6.44. The first-order valence-electron chi connectivity index (χ1n) is 11.4. The van der Waals surface area contributed by atoms with Crippen LogP contribution in [-0.4, -0.2) is 52.7 Å². The minimum absolute atomic E-state index is 0.103. The normalized spacial score (nSPS) is 14.1. The Morgan fingerprint density at radius 1 is 0.971 bits per heavy atom. The molecular weight excluding hydrogens is 466 g/mol. The van der Waals surface area contributed by atoms with Crippen molar-refractivity contribution in [2.24, 2.45) is 5.41 Å². The Hall–Kier alpha value is -3.65. The second-order valence-corrected chi connectivity index (χ2v) is 9.84. The Bertz CT molecular complexity index is 1290. The van der Waals surface area contributed by atoms with E-state index in [1.54, 1.807) is 47.5 Å². The van der Waals surface area contributed by atoms with Crippen LogP contribution in [0.5, 0.6) is 0 Å². The average molecular weight is 494 g/mol. The smallest absolute Gasteiger partial charge is 0.292 e. The molecule has 0 atom stereocenters. The first-order chi connectivity index (χ1) is 16.6. The van der Waals surface area contributed by atoms with Crippen LogP contribution in [0.2, 0.25) is 5.02 Å². The maximum absolute atomic E-state index is 13.1. The van der Waals surface area contributed by atoms with Crippen molar-refractivity contribution in [1.29, 1.82) is 0 Å². The number of rotatable bonds is 4. The molecule has 0 aliphatic carbocycles. The lowest BCUT2D eigenvalue weighted by atomic mass is 9.95. The molecule has 1 fully saturated rings. The lowest BCUT2D eigenvalue weighted by Crippen LogP contribution is -2.49. The van der Waals surface area contributed by atoms with Gasteiger partial charge in [0.2, 0.25) is 5.91 Å². The number of halogens is 1. The van der Waals surface area contributed by atoms with Gasteiger partial charge in [-0.1, -0.05) is 56.6 Å². The third-order valence-electron chi connectivity index (χ3n) is 5.86. The number of anilines is 2. The second-order valence-electron chi connectivity index (χ2n) is 9.46. The molecule has 1 aromatic heterocycles. The molecule has 1 N–H and O–H groups in total. The first-order valence-corrected chi connectivity index (χ1v) is 11.8. The van der Waals surface area contributed by atoms with Crippen molar-refractivity contribution in [2.45, 2.75) is 20.8 Å². The number of nitrogens with one attached hydrogen (secondary N) is 1. The Morgan fingerprint density at radius 2 is 1.66 bits per heavy atom. The van der Waals surface area contributed by atoms with E-state index in [9.17, 15) is 14.4 Å². The molecular formula is C26H28ClN5O3. The topological polar surface area (TPSA) is 87.5 Å². The van der Waals surface area contributed by atoms with Gasteiger partial charge in [-0.15, -0.1) is 0 Å². The summed E-state index contributed by atoms with van der Waals surface area (Å²) < 4.78 is 1.27. The molecule has 0 radical (unpaired) electrons. The average Bonchev–Trinajstić information content (AvgIpc) is 2.85. The highest BCUT2D eigenvalue weighted by Gasteiger charge is 2.26. The lowest BCUT2D eigenvalue weighted by Gasteiger charge is -2.36. The van der Waals surface area contributed by atoms with Crippen molar-refractivity contribution in [3.8, 4) is 5.69 Å². The molecule has 0 unspecified atom stereocenters. The molecule has 2 aromatic carbocycles. The Kier molecular flexibility index (Phi) is 6.93. The van der Waals surface area contributed by atoms with Crippen molar-refractivity contribution in [1.82, 2.24) is 14.7 Å². The molecule has 4 rings (SSSR count). The predicted molar refractivity (Wildman–Crippen MR) is 137 cm³/mol. The van der Waals surface area contributed by atoms with E-state index in [2.05, 4.69) is 10.4 Å². The monoisotopic (exact) mass is 493 g/mol. The molecule has 1 aliphatic rings. The molecule has 2 amide bonds. The zero-order valence-electron chi connectivity index (χ0n) is 20.0. The Labute approximate surface area is 209 Å². The second kappa shape index (κ2) is 9.92. The molecule has 1 aliphatic heterocycles. The number of hydrogen-bond donors (Lipinski definition) is 1. The molecule has 0 bridgehead atoms. The summed E-state index contributed by atoms with van der Waals surface area (Å²) in [6, 6.07) is 16.1. The van der Waals surface area contributed by atoms with Crippen LogP contribution in [0.1, 0.15) is 31.1 Å². The Morgan fingerprint density at radius 3 is 2.31 bits per heavy atom. The highest BCUT2D eigenvalue weighted by atomic mass is 35.5. The van der Waals surface area contributed by atoms with Crippen LogP contribution in [0.25, 0.3) is 5.69 Å². The van der Waals surface area contributed by atoms with Crippen LogP contribution in [0.3, 0.4) is 0 Å². The van der Waals surface area contributed by atoms with E-state index >= 15 is 0 Å². The highest BCUT2D eigenvalue weighted by Crippen LogP contribution is 2.24. The predicted octanol–water partition coefficient (Wildman–Crippen LogP) is 3.83. The van der Waals surface area contributed by atoms with Crippen LogP contribution in [0, 0.1) is 5.41 Å². The molecule has 0 saturated carbocycles. The first kappa shape index (κ1) is 24.5. The van der Waals surface area contributed by atoms with Gasteiger partial charge in [-0.05, 0) is 30.3 Å². The van der Waals surface area contributed by atoms with E-state index in [-0.39, 0.29) is 22.4 Å². The third-order valence-corrected chi connectivity index (χ3v) is 6.21. The zero-order chi connectivity index (χ0) is 25.2. The fourth-order valence-corrected chi connectivity index (χ4v) is 4.03. The van der Waals surface area contributed by atoms with E-state index in [4.69, 9.17) is 11.6 Å². The highest BCUT2D eigenvalue weighted by molar-refractivity contribution is 6.33. The largest absolute Gasteiger partial charge is 0.365 e. The number of carbonyl (C=O) groups excluding carboxylic acids is 2. The van der Waals surface area contributed by atoms with E-state index in [1.165, 1.54) is 4.68 Å². The minimum atomic E-state index is -0.533. The van der Waals surface area contributed by atoms with E-state index in [0.29, 0.717) is 48.8 Å². The molecule has 2 heterocycles. The van der Waals surface area contributed by atoms with E-state index in [1.807, 2.05) is 43.9 Å². The minimum Gasteiger partial charge on any atom is -0.365 e. The van der Waals surface area contributed by atoms with E-state index < -0.39 is 5.41 Å². The quantitative estimate of drug-likeness (QED) is 0.596. The van der Waals surface area contributed by atoms with Gasteiger partial charge in [0.15, 0.2) is 0 Å². The molecule has 0 spiro atoms. The van der Waals surface area contributed by atoms with Gasteiger partial charge in [0, 0.05) is 42.8 Å². The number of para-hydroxylation sites is 1. The molecule has 182 valence electrons. The summed E-state index contributed by atoms with van der Waals surface area (Å²) in [5.74, 6) is -0.226. The molecule has 35 heavy (non-hydrogen) atoms. The summed E-state index contributed by atoms with van der Waals surface area (Å²) in [5.41, 5.74) is 1.38. The number of hydrogen-bond acceptors (Lipinski definition) is 5. The third kappa shape index (κ3) is 5.38. The molecule has 1 saturated heterocycles. The summed E-state index contributed by atoms with van der Waals surface area (Å²) in [6.07, 6.45) is 1.59. The van der Waals surface area contributed by atoms with Gasteiger partial charge in [0.1, 0.15) is 5.02 Å². The molecule has 3 aromatic rings. The number of nitrogens with zero attached hydrogens (tertiary/aromatic N) is 4. The number of benzene rings is 2. The maximum atomic E-state index is 13.1. The van der Waals surface area contributed by atoms with Crippen molar-refractivity contribution >= 4 is 34.8 Å². The standard InChI is InChI=1S/C26H28ClN5O3/c1-26(2,3)25(35)29-19-9-7-8-18(16-19)23(33)31-14-12-30(13-15-31)21-17-28-32(24(34)22(21)27)20-10-5-4-6-11-20/h4-11,16-17H,12-15H2,1-3H3,(H,29,35). The van der Waals surface area contributed by atoms with Crippen LogP contribution < -0.4 is 15.8 Å². The van der Waals surface area contributed by atoms with Crippen molar-refractivity contribution in [3.63, 3.8) is 0 Å². The number of carbonyl (C=O) groups is 2. The SMILES string of the molecule is CC(C)(C)C(=O)Nc1cccc(C(=O)N2CCN(c3cnn(-c4ccccc4)c(=O)c3Cl)CC2)c1. The van der Waals surface area contributed by atoms with Crippen LogP contribution in [0.4, 0.5) is 11.4 Å². The fourth-order valence-electron chi connectivity index (χ4n) is 3.78. The van der Waals surface area contributed by atoms with Crippen LogP contribution in [-0.2, 0) is 4.79 Å². The number of amides is 2. The van der Waals surface area contributed by atoms with Crippen LogP contribution in [0.15, 0.2) is 65.6 Å². The van der Waals surface area contributed by atoms with Gasteiger partial charge in [-0.3, -0.25) is 14.4 Å². The molecule has 8 nitrogen and oxygen atoms in total. The summed E-state index contributed by atoms with van der Waals surface area (Å²) in [5, 5.41) is 7.27. The summed E-state index contributed by atoms with van der Waals surface area (Å²) in [7, 11) is 0. The lowest BCUT2D eigenvalue weighted by molar-refractivity contribution is -0.123.